The van der Waals surface area contributed by atoms with E-state index >= 15 is 0 Å². The first kappa shape index (κ1) is 27.5. The Bertz CT molecular complexity index is 1400. The van der Waals surface area contributed by atoms with Crippen LogP contribution >= 0.6 is 0 Å². The van der Waals surface area contributed by atoms with Crippen molar-refractivity contribution in [3.8, 4) is 0 Å². The van der Waals surface area contributed by atoms with Gasteiger partial charge in [0.1, 0.15) is 0 Å². The fourth-order valence-corrected chi connectivity index (χ4v) is 8.65. The molecule has 5 fully saturated rings. The Labute approximate surface area is 237 Å². The van der Waals surface area contributed by atoms with Crippen LogP contribution in [0.5, 0.6) is 0 Å². The second-order valence-electron chi connectivity index (χ2n) is 13.7. The quantitative estimate of drug-likeness (QED) is 0.357. The number of nitrogens with one attached hydrogen (secondary N) is 1. The van der Waals surface area contributed by atoms with Crippen molar-refractivity contribution in [2.75, 3.05) is 12.3 Å². The lowest BCUT2D eigenvalue weighted by Gasteiger charge is -2.47. The van der Waals surface area contributed by atoms with Crippen molar-refractivity contribution in [3.63, 3.8) is 0 Å². The maximum atomic E-state index is 14.4. The molecule has 1 aliphatic heterocycles. The zero-order valence-electron chi connectivity index (χ0n) is 23.6. The molecule has 2 aromatic rings. The third-order valence-electron chi connectivity index (χ3n) is 9.93. The number of hydrogen-bond acceptors (Lipinski definition) is 4. The highest BCUT2D eigenvalue weighted by atomic mass is 32.2. The van der Waals surface area contributed by atoms with Crippen molar-refractivity contribution in [1.82, 2.24) is 10.2 Å². The van der Waals surface area contributed by atoms with Gasteiger partial charge in [-0.1, -0.05) is 57.2 Å². The maximum absolute atomic E-state index is 14.4. The molecule has 4 aliphatic carbocycles. The number of amides is 2. The highest BCUT2D eigenvalue weighted by Crippen LogP contribution is 2.68. The SMILES string of the molecule is CC(C)(C)c1ccc(C(Cc2ccc(C(=O)NCCS(=O)(=O)O)cc2)C(=O)N2C3C4C[C@@H]5C[C@H](C4)CC32C5)cc1. The summed E-state index contributed by atoms with van der Waals surface area (Å²) >= 11 is 0. The number of rotatable bonds is 8. The Morgan fingerprint density at radius 1 is 1.00 bits per heavy atom. The number of carbonyl (C=O) groups is 2. The minimum Gasteiger partial charge on any atom is -0.351 e. The Hall–Kier alpha value is -2.71. The lowest BCUT2D eigenvalue weighted by Crippen LogP contribution is -2.45. The fraction of sp³-hybridized carbons (Fsp3) is 0.562. The van der Waals surface area contributed by atoms with Crippen LogP contribution in [0.2, 0.25) is 0 Å². The van der Waals surface area contributed by atoms with Crippen LogP contribution in [0, 0.1) is 17.8 Å². The molecule has 40 heavy (non-hydrogen) atoms. The maximum Gasteiger partial charge on any atom is 0.266 e. The van der Waals surface area contributed by atoms with Gasteiger partial charge in [0, 0.05) is 12.1 Å². The van der Waals surface area contributed by atoms with E-state index < -0.39 is 21.8 Å². The molecule has 2 N–H and O–H groups in total. The lowest BCUT2D eigenvalue weighted by molar-refractivity contribution is -0.129. The van der Waals surface area contributed by atoms with E-state index in [-0.39, 0.29) is 29.3 Å². The van der Waals surface area contributed by atoms with Crippen LogP contribution in [0.25, 0.3) is 0 Å². The molecule has 4 saturated carbocycles. The Morgan fingerprint density at radius 3 is 2.20 bits per heavy atom. The number of hydrogen-bond donors (Lipinski definition) is 2. The van der Waals surface area contributed by atoms with E-state index in [1.165, 1.54) is 37.7 Å². The number of likely N-dealkylation sites (tertiary alicyclic amines) is 1. The van der Waals surface area contributed by atoms with Crippen molar-refractivity contribution in [2.24, 2.45) is 17.8 Å². The first-order valence-corrected chi connectivity index (χ1v) is 16.2. The van der Waals surface area contributed by atoms with Crippen molar-refractivity contribution in [2.45, 2.75) is 82.2 Å². The van der Waals surface area contributed by atoms with Gasteiger partial charge in [0.15, 0.2) is 0 Å². The first-order chi connectivity index (χ1) is 18.8. The average molecular weight is 565 g/mol. The van der Waals surface area contributed by atoms with Gasteiger partial charge in [0.05, 0.1) is 23.3 Å². The molecule has 1 saturated heterocycles. The zero-order chi connectivity index (χ0) is 28.4. The van der Waals surface area contributed by atoms with Gasteiger partial charge in [-0.2, -0.15) is 8.42 Å². The standard InChI is InChI=1S/C32H40N2O5S/c1-31(2,3)26-10-8-23(9-11-26)27(17-20-4-6-24(7-5-20)29(35)33-12-13-40(37,38)39)30(36)34-28-25-15-21-14-22(16-25)19-32(28,34)18-21/h4-11,21-22,25,27-28H,12-19H2,1-3H3,(H,33,35)(H,37,38,39)/t21-,22+,25?,27?,28?,32?,34?. The van der Waals surface area contributed by atoms with E-state index in [1.54, 1.807) is 12.1 Å². The molecule has 2 amide bonds. The van der Waals surface area contributed by atoms with Gasteiger partial charge < -0.3 is 10.2 Å². The summed E-state index contributed by atoms with van der Waals surface area (Å²) in [4.78, 5) is 29.1. The average Bonchev–Trinajstić information content (AvgIpc) is 3.53. The van der Waals surface area contributed by atoms with Crippen molar-refractivity contribution in [3.05, 3.63) is 70.8 Å². The molecule has 7 nitrogen and oxygen atoms in total. The van der Waals surface area contributed by atoms with Crippen molar-refractivity contribution in [1.29, 1.82) is 0 Å². The van der Waals surface area contributed by atoms with E-state index in [4.69, 9.17) is 4.55 Å². The minimum absolute atomic E-state index is 0.0296. The number of carbonyl (C=O) groups excluding carboxylic acids is 2. The second kappa shape index (κ2) is 9.69. The molecular formula is C32H40N2O5S. The summed E-state index contributed by atoms with van der Waals surface area (Å²) in [6, 6.07) is 16.1. The summed E-state index contributed by atoms with van der Waals surface area (Å²) in [5.74, 6) is 1.25. The Kier molecular flexibility index (Phi) is 6.65. The molecule has 5 aliphatic rings. The zero-order valence-corrected chi connectivity index (χ0v) is 24.4. The molecule has 4 bridgehead atoms. The Morgan fingerprint density at radius 2 is 1.62 bits per heavy atom. The smallest absolute Gasteiger partial charge is 0.266 e. The van der Waals surface area contributed by atoms with E-state index in [2.05, 4.69) is 55.3 Å². The van der Waals surface area contributed by atoms with E-state index in [1.807, 2.05) is 12.1 Å². The molecule has 2 aromatic carbocycles. The molecule has 0 aromatic heterocycles. The van der Waals surface area contributed by atoms with Crippen LogP contribution in [-0.2, 0) is 26.7 Å². The molecule has 4 unspecified atom stereocenters. The molecule has 8 heteroatoms. The van der Waals surface area contributed by atoms with Crippen LogP contribution < -0.4 is 5.32 Å². The molecule has 214 valence electrons. The molecular weight excluding hydrogens is 524 g/mol. The van der Waals surface area contributed by atoms with E-state index in [0.717, 1.165) is 23.0 Å². The van der Waals surface area contributed by atoms with Crippen LogP contribution in [-0.4, -0.2) is 53.6 Å². The van der Waals surface area contributed by atoms with Gasteiger partial charge in [-0.15, -0.1) is 0 Å². The highest BCUT2D eigenvalue weighted by Gasteiger charge is 2.74. The van der Waals surface area contributed by atoms with Gasteiger partial charge in [-0.3, -0.25) is 14.1 Å². The highest BCUT2D eigenvalue weighted by molar-refractivity contribution is 7.85. The fourth-order valence-electron chi connectivity index (χ4n) is 8.29. The van der Waals surface area contributed by atoms with E-state index in [9.17, 15) is 18.0 Å². The topological polar surface area (TPSA) is 104 Å². The summed E-state index contributed by atoms with van der Waals surface area (Å²) in [6.07, 6.45) is 6.81. The summed E-state index contributed by atoms with van der Waals surface area (Å²) in [5, 5.41) is 2.52. The Balaban J connectivity index is 1.22. The largest absolute Gasteiger partial charge is 0.351 e. The summed E-state index contributed by atoms with van der Waals surface area (Å²) in [5.41, 5.74) is 3.77. The molecule has 0 radical (unpaired) electrons. The van der Waals surface area contributed by atoms with Gasteiger partial charge in [-0.05, 0) is 90.5 Å². The normalized spacial score (nSPS) is 29.1. The third-order valence-corrected chi connectivity index (χ3v) is 10.6. The van der Waals surface area contributed by atoms with Crippen LogP contribution in [0.3, 0.4) is 0 Å². The lowest BCUT2D eigenvalue weighted by atomic mass is 9.56. The monoisotopic (exact) mass is 564 g/mol. The molecule has 7 rings (SSSR count). The second-order valence-corrected chi connectivity index (χ2v) is 15.3. The van der Waals surface area contributed by atoms with Gasteiger partial charge in [-0.25, -0.2) is 0 Å². The molecule has 6 atom stereocenters. The summed E-state index contributed by atoms with van der Waals surface area (Å²) in [7, 11) is -4.14. The van der Waals surface area contributed by atoms with Crippen LogP contribution in [0.15, 0.2) is 48.5 Å². The molecule has 1 spiro atoms. The van der Waals surface area contributed by atoms with Gasteiger partial charge >= 0.3 is 0 Å². The molecule has 1 heterocycles. The van der Waals surface area contributed by atoms with E-state index in [0.29, 0.717) is 23.9 Å². The predicted molar refractivity (Wildman–Crippen MR) is 154 cm³/mol. The van der Waals surface area contributed by atoms with Gasteiger partial charge in [0.2, 0.25) is 5.91 Å². The van der Waals surface area contributed by atoms with Crippen LogP contribution in [0.1, 0.15) is 85.8 Å². The van der Waals surface area contributed by atoms with Crippen molar-refractivity contribution < 1.29 is 22.6 Å². The van der Waals surface area contributed by atoms with Gasteiger partial charge in [0.25, 0.3) is 16.0 Å². The number of benzene rings is 2. The number of nitrogens with zero attached hydrogens (tertiary/aromatic N) is 1. The summed E-state index contributed by atoms with van der Waals surface area (Å²) in [6.45, 7) is 6.41. The van der Waals surface area contributed by atoms with Crippen LogP contribution in [0.4, 0.5) is 0 Å². The first-order valence-electron chi connectivity index (χ1n) is 14.6. The minimum atomic E-state index is -4.14. The summed E-state index contributed by atoms with van der Waals surface area (Å²) < 4.78 is 30.7. The third kappa shape index (κ3) is 5.09. The predicted octanol–water partition coefficient (Wildman–Crippen LogP) is 4.72. The van der Waals surface area contributed by atoms with Crippen molar-refractivity contribution >= 4 is 21.9 Å².